The average molecular weight is 147 g/mol. The lowest BCUT2D eigenvalue weighted by atomic mass is 10.3. The van der Waals surface area contributed by atoms with Crippen LogP contribution in [0.3, 0.4) is 0 Å². The molecule has 0 aromatic heterocycles. The second-order valence-electron chi connectivity index (χ2n) is 1.82. The first kappa shape index (κ1) is 8.82. The van der Waals surface area contributed by atoms with Gasteiger partial charge in [-0.3, -0.25) is 4.79 Å². The zero-order valence-corrected chi connectivity index (χ0v) is 6.74. The predicted molar refractivity (Wildman–Crippen MR) is 41.7 cm³/mol. The first-order valence-corrected chi connectivity index (χ1v) is 3.69. The topological polar surface area (TPSA) is 29.1 Å². The van der Waals surface area contributed by atoms with E-state index in [4.69, 9.17) is 0 Å². The second-order valence-corrected chi connectivity index (χ2v) is 2.44. The van der Waals surface area contributed by atoms with Gasteiger partial charge in [0.1, 0.15) is 0 Å². The molecule has 0 aliphatic heterocycles. The molecule has 0 fully saturated rings. The summed E-state index contributed by atoms with van der Waals surface area (Å²) in [6.07, 6.45) is 0.787. The third-order valence-electron chi connectivity index (χ3n) is 1.04. The third kappa shape index (κ3) is 3.40. The van der Waals surface area contributed by atoms with Gasteiger partial charge in [-0.1, -0.05) is 6.92 Å². The SMILES string of the molecule is CCNC(=O)[C@H](S)CC. The number of amides is 1. The Labute approximate surface area is 61.4 Å². The maximum atomic E-state index is 10.8. The van der Waals surface area contributed by atoms with Crippen LogP contribution in [0.1, 0.15) is 20.3 Å². The number of carbonyl (C=O) groups is 1. The van der Waals surface area contributed by atoms with E-state index in [1.807, 2.05) is 13.8 Å². The van der Waals surface area contributed by atoms with Crippen LogP contribution in [0.5, 0.6) is 0 Å². The van der Waals surface area contributed by atoms with Crippen LogP contribution in [0.4, 0.5) is 0 Å². The fraction of sp³-hybridized carbons (Fsp3) is 0.833. The minimum Gasteiger partial charge on any atom is -0.355 e. The molecule has 0 aliphatic rings. The van der Waals surface area contributed by atoms with E-state index in [9.17, 15) is 4.79 Å². The Kier molecular flexibility index (Phi) is 4.58. The molecule has 0 saturated heterocycles. The van der Waals surface area contributed by atoms with Crippen LogP contribution in [-0.2, 0) is 4.79 Å². The van der Waals surface area contributed by atoms with Crippen molar-refractivity contribution in [3.63, 3.8) is 0 Å². The Morgan fingerprint density at radius 3 is 2.56 bits per heavy atom. The predicted octanol–water partition coefficient (Wildman–Crippen LogP) is 0.831. The largest absolute Gasteiger partial charge is 0.355 e. The van der Waals surface area contributed by atoms with Gasteiger partial charge in [-0.25, -0.2) is 0 Å². The van der Waals surface area contributed by atoms with Crippen molar-refractivity contribution in [1.29, 1.82) is 0 Å². The number of hydrogen-bond acceptors (Lipinski definition) is 2. The van der Waals surface area contributed by atoms with E-state index in [-0.39, 0.29) is 11.2 Å². The highest BCUT2D eigenvalue weighted by Crippen LogP contribution is 1.98. The van der Waals surface area contributed by atoms with E-state index in [2.05, 4.69) is 17.9 Å². The molecule has 1 atom stereocenters. The van der Waals surface area contributed by atoms with Crippen LogP contribution in [0.2, 0.25) is 0 Å². The first-order valence-electron chi connectivity index (χ1n) is 3.18. The van der Waals surface area contributed by atoms with Crippen molar-refractivity contribution in [2.75, 3.05) is 6.54 Å². The summed E-state index contributed by atoms with van der Waals surface area (Å²) in [7, 11) is 0. The molecule has 2 nitrogen and oxygen atoms in total. The van der Waals surface area contributed by atoms with Crippen molar-refractivity contribution in [3.8, 4) is 0 Å². The van der Waals surface area contributed by atoms with Crippen molar-refractivity contribution < 1.29 is 4.79 Å². The number of thiol groups is 1. The summed E-state index contributed by atoms with van der Waals surface area (Å²) in [4.78, 5) is 10.8. The Bertz CT molecular complexity index is 95.1. The Morgan fingerprint density at radius 1 is 1.67 bits per heavy atom. The van der Waals surface area contributed by atoms with Gasteiger partial charge in [-0.2, -0.15) is 12.6 Å². The Hall–Kier alpha value is -0.180. The van der Waals surface area contributed by atoms with Gasteiger partial charge in [0.15, 0.2) is 0 Å². The molecular formula is C6H13NOS. The summed E-state index contributed by atoms with van der Waals surface area (Å²) >= 11 is 4.05. The Morgan fingerprint density at radius 2 is 2.22 bits per heavy atom. The van der Waals surface area contributed by atoms with Gasteiger partial charge < -0.3 is 5.32 Å². The van der Waals surface area contributed by atoms with E-state index in [1.54, 1.807) is 0 Å². The summed E-state index contributed by atoms with van der Waals surface area (Å²) in [5, 5.41) is 2.55. The molecule has 3 heteroatoms. The van der Waals surface area contributed by atoms with Gasteiger partial charge >= 0.3 is 0 Å². The smallest absolute Gasteiger partial charge is 0.232 e. The molecule has 9 heavy (non-hydrogen) atoms. The molecule has 54 valence electrons. The van der Waals surface area contributed by atoms with Crippen LogP contribution in [-0.4, -0.2) is 17.7 Å². The van der Waals surface area contributed by atoms with E-state index >= 15 is 0 Å². The molecule has 0 unspecified atom stereocenters. The van der Waals surface area contributed by atoms with Crippen LogP contribution in [0.15, 0.2) is 0 Å². The molecule has 0 aromatic carbocycles. The molecule has 0 saturated carbocycles. The summed E-state index contributed by atoms with van der Waals surface area (Å²) in [6.45, 7) is 4.52. The van der Waals surface area contributed by atoms with E-state index in [1.165, 1.54) is 0 Å². The van der Waals surface area contributed by atoms with Gasteiger partial charge in [-0.05, 0) is 13.3 Å². The van der Waals surface area contributed by atoms with Crippen LogP contribution in [0, 0.1) is 0 Å². The standard InChI is InChI=1S/C6H13NOS/c1-3-5(9)6(8)7-4-2/h5,9H,3-4H2,1-2H3,(H,7,8)/t5-/m1/s1. The molecule has 1 N–H and O–H groups in total. The zero-order valence-electron chi connectivity index (χ0n) is 5.85. The molecule has 0 radical (unpaired) electrons. The van der Waals surface area contributed by atoms with Crippen LogP contribution < -0.4 is 5.32 Å². The van der Waals surface area contributed by atoms with Gasteiger partial charge in [0.05, 0.1) is 5.25 Å². The third-order valence-corrected chi connectivity index (χ3v) is 1.64. The van der Waals surface area contributed by atoms with Gasteiger partial charge in [0.2, 0.25) is 5.91 Å². The lowest BCUT2D eigenvalue weighted by molar-refractivity contribution is -0.120. The van der Waals surface area contributed by atoms with Crippen molar-refractivity contribution in [3.05, 3.63) is 0 Å². The quantitative estimate of drug-likeness (QED) is 0.569. The van der Waals surface area contributed by atoms with E-state index in [0.29, 0.717) is 6.54 Å². The maximum Gasteiger partial charge on any atom is 0.232 e. The van der Waals surface area contributed by atoms with Gasteiger partial charge in [-0.15, -0.1) is 0 Å². The Balaban J connectivity index is 3.46. The lowest BCUT2D eigenvalue weighted by Gasteiger charge is -2.05. The highest BCUT2D eigenvalue weighted by Gasteiger charge is 2.08. The molecule has 0 heterocycles. The summed E-state index contributed by atoms with van der Waals surface area (Å²) in [6, 6.07) is 0. The van der Waals surface area contributed by atoms with Crippen molar-refractivity contribution in [2.24, 2.45) is 0 Å². The highest BCUT2D eigenvalue weighted by molar-refractivity contribution is 7.81. The molecule has 0 bridgehead atoms. The molecule has 0 rings (SSSR count). The summed E-state index contributed by atoms with van der Waals surface area (Å²) in [5.41, 5.74) is 0. The maximum absolute atomic E-state index is 10.8. The fourth-order valence-electron chi connectivity index (χ4n) is 0.477. The van der Waals surface area contributed by atoms with E-state index in [0.717, 1.165) is 6.42 Å². The summed E-state index contributed by atoms with van der Waals surface area (Å²) < 4.78 is 0. The molecule has 1 amide bonds. The van der Waals surface area contributed by atoms with E-state index < -0.39 is 0 Å². The van der Waals surface area contributed by atoms with Gasteiger partial charge in [0.25, 0.3) is 0 Å². The highest BCUT2D eigenvalue weighted by atomic mass is 32.1. The number of hydrogen-bond donors (Lipinski definition) is 2. The fourth-order valence-corrected chi connectivity index (χ4v) is 0.569. The normalized spacial score (nSPS) is 12.8. The molecular weight excluding hydrogens is 134 g/mol. The minimum atomic E-state index is -0.134. The number of carbonyl (C=O) groups excluding carboxylic acids is 1. The van der Waals surface area contributed by atoms with Crippen LogP contribution in [0.25, 0.3) is 0 Å². The van der Waals surface area contributed by atoms with Crippen LogP contribution >= 0.6 is 12.6 Å². The second kappa shape index (κ2) is 4.68. The lowest BCUT2D eigenvalue weighted by Crippen LogP contribution is -2.30. The number of nitrogens with one attached hydrogen (secondary N) is 1. The monoisotopic (exact) mass is 147 g/mol. The minimum absolute atomic E-state index is 0.0309. The van der Waals surface area contributed by atoms with Crippen molar-refractivity contribution in [2.45, 2.75) is 25.5 Å². The average Bonchev–Trinajstić information content (AvgIpc) is 1.87. The first-order chi connectivity index (χ1) is 4.22. The number of rotatable bonds is 3. The zero-order chi connectivity index (χ0) is 7.28. The summed E-state index contributed by atoms with van der Waals surface area (Å²) in [5.74, 6) is 0.0309. The van der Waals surface area contributed by atoms with Gasteiger partial charge in [0, 0.05) is 6.54 Å². The van der Waals surface area contributed by atoms with Crippen molar-refractivity contribution >= 4 is 18.5 Å². The van der Waals surface area contributed by atoms with Crippen molar-refractivity contribution in [1.82, 2.24) is 5.32 Å². The molecule has 0 aliphatic carbocycles. The molecule has 0 aromatic rings. The molecule has 0 spiro atoms.